The zero-order chi connectivity index (χ0) is 13.9. The van der Waals surface area contributed by atoms with E-state index in [1.165, 1.54) is 12.8 Å². The molecule has 1 unspecified atom stereocenters. The predicted octanol–water partition coefficient (Wildman–Crippen LogP) is 3.13. The summed E-state index contributed by atoms with van der Waals surface area (Å²) in [7, 11) is 0. The van der Waals surface area contributed by atoms with Crippen LogP contribution in [0.3, 0.4) is 0 Å². The Balaban J connectivity index is 1.70. The number of rotatable bonds is 3. The van der Waals surface area contributed by atoms with Crippen molar-refractivity contribution < 1.29 is 9.53 Å². The molecular weight excluding hydrogens is 238 g/mol. The van der Waals surface area contributed by atoms with Crippen molar-refractivity contribution in [2.24, 2.45) is 17.3 Å². The third-order valence-corrected chi connectivity index (χ3v) is 4.85. The van der Waals surface area contributed by atoms with Crippen LogP contribution in [0.4, 0.5) is 0 Å². The second-order valence-corrected chi connectivity index (χ2v) is 7.29. The van der Waals surface area contributed by atoms with Crippen LogP contribution in [-0.2, 0) is 9.53 Å². The van der Waals surface area contributed by atoms with Crippen molar-refractivity contribution in [1.29, 1.82) is 0 Å². The molecule has 1 saturated heterocycles. The van der Waals surface area contributed by atoms with Crippen molar-refractivity contribution in [2.75, 3.05) is 13.2 Å². The Morgan fingerprint density at radius 1 is 1.16 bits per heavy atom. The maximum Gasteiger partial charge on any atom is 0.223 e. The maximum absolute atomic E-state index is 12.1. The zero-order valence-corrected chi connectivity index (χ0v) is 12.7. The van der Waals surface area contributed by atoms with E-state index in [0.717, 1.165) is 38.2 Å². The molecule has 1 aliphatic carbocycles. The minimum atomic E-state index is 0.236. The average Bonchev–Trinajstić information content (AvgIpc) is 2.88. The SMILES string of the molecule is CC(C)(C)C1CCC(C(=O)NCC2CCCO2)CC1. The van der Waals surface area contributed by atoms with Crippen LogP contribution in [0.15, 0.2) is 0 Å². The van der Waals surface area contributed by atoms with Crippen LogP contribution < -0.4 is 5.32 Å². The standard InChI is InChI=1S/C16H29NO2/c1-16(2,3)13-8-6-12(7-9-13)15(18)17-11-14-5-4-10-19-14/h12-14H,4-11H2,1-3H3,(H,17,18). The number of nitrogens with one attached hydrogen (secondary N) is 1. The quantitative estimate of drug-likeness (QED) is 0.853. The van der Waals surface area contributed by atoms with E-state index in [2.05, 4.69) is 26.1 Å². The van der Waals surface area contributed by atoms with E-state index in [-0.39, 0.29) is 17.9 Å². The summed E-state index contributed by atoms with van der Waals surface area (Å²) in [5.41, 5.74) is 0.388. The Kier molecular flexibility index (Phi) is 4.88. The summed E-state index contributed by atoms with van der Waals surface area (Å²) in [5.74, 6) is 1.26. The monoisotopic (exact) mass is 267 g/mol. The molecule has 1 aliphatic heterocycles. The summed E-state index contributed by atoms with van der Waals surface area (Å²) in [5, 5.41) is 3.08. The highest BCUT2D eigenvalue weighted by Gasteiger charge is 2.32. The highest BCUT2D eigenvalue weighted by molar-refractivity contribution is 5.78. The van der Waals surface area contributed by atoms with Crippen molar-refractivity contribution in [1.82, 2.24) is 5.32 Å². The fraction of sp³-hybridized carbons (Fsp3) is 0.938. The minimum absolute atomic E-state index is 0.236. The van der Waals surface area contributed by atoms with Gasteiger partial charge in [-0.05, 0) is 49.9 Å². The van der Waals surface area contributed by atoms with Gasteiger partial charge in [-0.25, -0.2) is 0 Å². The van der Waals surface area contributed by atoms with Crippen LogP contribution in [0.25, 0.3) is 0 Å². The van der Waals surface area contributed by atoms with Crippen LogP contribution in [0.2, 0.25) is 0 Å². The molecule has 0 aromatic carbocycles. The first kappa shape index (κ1) is 14.8. The van der Waals surface area contributed by atoms with Crippen LogP contribution in [0, 0.1) is 17.3 Å². The molecule has 110 valence electrons. The summed E-state index contributed by atoms with van der Waals surface area (Å²) >= 11 is 0. The van der Waals surface area contributed by atoms with Crippen molar-refractivity contribution in [3.8, 4) is 0 Å². The minimum Gasteiger partial charge on any atom is -0.376 e. The molecule has 0 spiro atoms. The zero-order valence-electron chi connectivity index (χ0n) is 12.7. The first-order valence-electron chi connectivity index (χ1n) is 7.86. The second kappa shape index (κ2) is 6.25. The van der Waals surface area contributed by atoms with E-state index in [4.69, 9.17) is 4.74 Å². The summed E-state index contributed by atoms with van der Waals surface area (Å²) in [6.45, 7) is 8.51. The van der Waals surface area contributed by atoms with E-state index in [1.807, 2.05) is 0 Å². The smallest absolute Gasteiger partial charge is 0.223 e. The van der Waals surface area contributed by atoms with Gasteiger partial charge in [-0.3, -0.25) is 4.79 Å². The molecule has 0 aromatic rings. The highest BCUT2D eigenvalue weighted by atomic mass is 16.5. The molecule has 1 atom stereocenters. The molecule has 3 heteroatoms. The molecule has 2 fully saturated rings. The lowest BCUT2D eigenvalue weighted by Gasteiger charge is -2.36. The van der Waals surface area contributed by atoms with Gasteiger partial charge in [0.05, 0.1) is 6.10 Å². The third-order valence-electron chi connectivity index (χ3n) is 4.85. The van der Waals surface area contributed by atoms with Gasteiger partial charge in [0.15, 0.2) is 0 Å². The fourth-order valence-corrected chi connectivity index (χ4v) is 3.39. The first-order valence-corrected chi connectivity index (χ1v) is 7.86. The van der Waals surface area contributed by atoms with Crippen LogP contribution in [0.1, 0.15) is 59.3 Å². The van der Waals surface area contributed by atoms with E-state index < -0.39 is 0 Å². The number of carbonyl (C=O) groups is 1. The Labute approximate surface area is 117 Å². The average molecular weight is 267 g/mol. The number of carbonyl (C=O) groups excluding carboxylic acids is 1. The molecule has 19 heavy (non-hydrogen) atoms. The number of hydrogen-bond donors (Lipinski definition) is 1. The molecule has 3 nitrogen and oxygen atoms in total. The van der Waals surface area contributed by atoms with Gasteiger partial charge in [0.2, 0.25) is 5.91 Å². The van der Waals surface area contributed by atoms with Crippen LogP contribution >= 0.6 is 0 Å². The van der Waals surface area contributed by atoms with Gasteiger partial charge in [-0.2, -0.15) is 0 Å². The van der Waals surface area contributed by atoms with Crippen molar-refractivity contribution in [3.63, 3.8) is 0 Å². The Morgan fingerprint density at radius 3 is 2.37 bits per heavy atom. The molecule has 0 radical (unpaired) electrons. The lowest BCUT2D eigenvalue weighted by molar-refractivity contribution is -0.127. The number of hydrogen-bond acceptors (Lipinski definition) is 2. The summed E-state index contributed by atoms with van der Waals surface area (Å²) < 4.78 is 5.54. The van der Waals surface area contributed by atoms with Crippen molar-refractivity contribution >= 4 is 5.91 Å². The van der Waals surface area contributed by atoms with Gasteiger partial charge in [0, 0.05) is 19.1 Å². The molecule has 0 bridgehead atoms. The largest absolute Gasteiger partial charge is 0.376 e. The molecule has 2 aliphatic rings. The fourth-order valence-electron chi connectivity index (χ4n) is 3.39. The molecular formula is C16H29NO2. The maximum atomic E-state index is 12.1. The second-order valence-electron chi connectivity index (χ2n) is 7.29. The van der Waals surface area contributed by atoms with Crippen LogP contribution in [0.5, 0.6) is 0 Å². The molecule has 0 aromatic heterocycles. The molecule has 1 saturated carbocycles. The number of ether oxygens (including phenoxy) is 1. The van der Waals surface area contributed by atoms with Gasteiger partial charge in [0.25, 0.3) is 0 Å². The Morgan fingerprint density at radius 2 is 1.84 bits per heavy atom. The van der Waals surface area contributed by atoms with Gasteiger partial charge in [0.1, 0.15) is 0 Å². The van der Waals surface area contributed by atoms with Gasteiger partial charge >= 0.3 is 0 Å². The van der Waals surface area contributed by atoms with E-state index >= 15 is 0 Å². The lowest BCUT2D eigenvalue weighted by Crippen LogP contribution is -2.38. The summed E-state index contributed by atoms with van der Waals surface area (Å²) in [6, 6.07) is 0. The first-order chi connectivity index (χ1) is 8.97. The Hall–Kier alpha value is -0.570. The Bertz CT molecular complexity index is 294. The van der Waals surface area contributed by atoms with E-state index in [9.17, 15) is 4.79 Å². The normalized spacial score (nSPS) is 32.3. The highest BCUT2D eigenvalue weighted by Crippen LogP contribution is 2.39. The summed E-state index contributed by atoms with van der Waals surface area (Å²) in [4.78, 5) is 12.1. The predicted molar refractivity (Wildman–Crippen MR) is 76.9 cm³/mol. The molecule has 1 heterocycles. The lowest BCUT2D eigenvalue weighted by atomic mass is 9.69. The third kappa shape index (κ3) is 4.20. The van der Waals surface area contributed by atoms with Gasteiger partial charge in [-0.1, -0.05) is 20.8 Å². The topological polar surface area (TPSA) is 38.3 Å². The van der Waals surface area contributed by atoms with Crippen molar-refractivity contribution in [3.05, 3.63) is 0 Å². The van der Waals surface area contributed by atoms with Crippen LogP contribution in [-0.4, -0.2) is 25.2 Å². The van der Waals surface area contributed by atoms with Gasteiger partial charge in [-0.15, -0.1) is 0 Å². The van der Waals surface area contributed by atoms with E-state index in [0.29, 0.717) is 12.0 Å². The molecule has 1 amide bonds. The number of amides is 1. The summed E-state index contributed by atoms with van der Waals surface area (Å²) in [6.07, 6.45) is 6.99. The molecule has 2 rings (SSSR count). The van der Waals surface area contributed by atoms with Crippen molar-refractivity contribution in [2.45, 2.75) is 65.4 Å². The van der Waals surface area contributed by atoms with E-state index in [1.54, 1.807) is 0 Å². The van der Waals surface area contributed by atoms with Gasteiger partial charge < -0.3 is 10.1 Å². The molecule has 1 N–H and O–H groups in total.